The molecule has 0 atom stereocenters. The normalized spacial score (nSPS) is 21.1. The van der Waals surface area contributed by atoms with Crippen molar-refractivity contribution in [1.82, 2.24) is 10.3 Å². The average Bonchev–Trinajstić information content (AvgIpc) is 3.80. The minimum Gasteiger partial charge on any atom is -0.423 e. The van der Waals surface area contributed by atoms with Crippen LogP contribution in [0.4, 0.5) is 23.2 Å². The van der Waals surface area contributed by atoms with Crippen LogP contribution in [0.3, 0.4) is 0 Å². The Labute approximate surface area is 217 Å². The molecule has 4 aliphatic rings. The van der Waals surface area contributed by atoms with Crippen LogP contribution in [0.15, 0.2) is 29.3 Å². The average molecular weight is 530 g/mol. The molecule has 1 aromatic heterocycles. The fourth-order valence-corrected chi connectivity index (χ4v) is 5.49. The van der Waals surface area contributed by atoms with Gasteiger partial charge in [-0.25, -0.2) is 9.37 Å². The SMILES string of the molecule is O=C1NC(c2ccc(C(F)(F)F)nc2C2CC2)=NC12CCN(c1cc(B(O)O)cc(F)c1CC1CC1)CC2. The Hall–Kier alpha value is -2.99. The van der Waals surface area contributed by atoms with E-state index in [1.165, 1.54) is 6.07 Å². The van der Waals surface area contributed by atoms with Gasteiger partial charge in [-0.2, -0.15) is 13.2 Å². The number of halogens is 4. The van der Waals surface area contributed by atoms with Crippen LogP contribution in [0.2, 0.25) is 0 Å². The first-order chi connectivity index (χ1) is 18.0. The second-order valence-corrected chi connectivity index (χ2v) is 10.9. The first-order valence-corrected chi connectivity index (χ1v) is 13.0. The highest BCUT2D eigenvalue weighted by Crippen LogP contribution is 2.43. The van der Waals surface area contributed by atoms with E-state index in [1.54, 1.807) is 6.07 Å². The van der Waals surface area contributed by atoms with Crippen LogP contribution in [0, 0.1) is 11.7 Å². The lowest BCUT2D eigenvalue weighted by molar-refractivity contribution is -0.141. The Morgan fingerprint density at radius 1 is 1.11 bits per heavy atom. The zero-order chi connectivity index (χ0) is 26.8. The van der Waals surface area contributed by atoms with Crippen LogP contribution in [-0.4, -0.2) is 52.5 Å². The molecule has 3 heterocycles. The van der Waals surface area contributed by atoms with Gasteiger partial charge in [0.25, 0.3) is 5.91 Å². The van der Waals surface area contributed by atoms with Gasteiger partial charge in [-0.1, -0.05) is 0 Å². The fourth-order valence-electron chi connectivity index (χ4n) is 5.49. The number of amides is 1. The molecule has 3 N–H and O–H groups in total. The molecule has 38 heavy (non-hydrogen) atoms. The van der Waals surface area contributed by atoms with Crippen molar-refractivity contribution in [2.75, 3.05) is 18.0 Å². The van der Waals surface area contributed by atoms with E-state index < -0.39 is 30.3 Å². The van der Waals surface area contributed by atoms with Gasteiger partial charge in [0.15, 0.2) is 0 Å². The number of nitrogens with one attached hydrogen (secondary N) is 1. The van der Waals surface area contributed by atoms with Gasteiger partial charge in [0.2, 0.25) is 0 Å². The predicted octanol–water partition coefficient (Wildman–Crippen LogP) is 2.66. The van der Waals surface area contributed by atoms with E-state index in [-0.39, 0.29) is 23.1 Å². The van der Waals surface area contributed by atoms with Crippen molar-refractivity contribution >= 4 is 30.0 Å². The molecule has 0 radical (unpaired) electrons. The Balaban J connectivity index is 1.27. The summed E-state index contributed by atoms with van der Waals surface area (Å²) < 4.78 is 54.8. The lowest BCUT2D eigenvalue weighted by Gasteiger charge is -2.38. The van der Waals surface area contributed by atoms with Gasteiger partial charge in [0.05, 0.1) is 5.69 Å². The van der Waals surface area contributed by atoms with E-state index in [0.29, 0.717) is 60.8 Å². The molecule has 7 nitrogen and oxygen atoms in total. The number of aromatic nitrogens is 1. The molecule has 2 aliphatic carbocycles. The number of alkyl halides is 3. The van der Waals surface area contributed by atoms with Crippen LogP contribution in [-0.2, 0) is 17.4 Å². The lowest BCUT2D eigenvalue weighted by atomic mass is 9.78. The summed E-state index contributed by atoms with van der Waals surface area (Å²) in [5, 5.41) is 22.1. The smallest absolute Gasteiger partial charge is 0.423 e. The van der Waals surface area contributed by atoms with Crippen molar-refractivity contribution in [1.29, 1.82) is 0 Å². The monoisotopic (exact) mass is 530 g/mol. The highest BCUT2D eigenvalue weighted by Gasteiger charge is 2.47. The Kier molecular flexibility index (Phi) is 6.02. The number of hydrogen-bond donors (Lipinski definition) is 3. The lowest BCUT2D eigenvalue weighted by Crippen LogP contribution is -2.49. The number of pyridine rings is 1. The van der Waals surface area contributed by atoms with E-state index in [2.05, 4.69) is 10.3 Å². The first-order valence-electron chi connectivity index (χ1n) is 13.0. The van der Waals surface area contributed by atoms with Crippen LogP contribution >= 0.6 is 0 Å². The second kappa shape index (κ2) is 9.05. The number of benzene rings is 1. The van der Waals surface area contributed by atoms with Crippen LogP contribution in [0.25, 0.3) is 0 Å². The van der Waals surface area contributed by atoms with Gasteiger partial charge in [0.1, 0.15) is 22.9 Å². The molecule has 12 heteroatoms. The maximum Gasteiger partial charge on any atom is 0.488 e. The topological polar surface area (TPSA) is 98.1 Å². The highest BCUT2D eigenvalue weighted by molar-refractivity contribution is 6.58. The van der Waals surface area contributed by atoms with Gasteiger partial charge in [-0.15, -0.1) is 0 Å². The third-order valence-corrected chi connectivity index (χ3v) is 8.03. The predicted molar refractivity (Wildman–Crippen MR) is 133 cm³/mol. The quantitative estimate of drug-likeness (QED) is 0.394. The summed E-state index contributed by atoms with van der Waals surface area (Å²) >= 11 is 0. The number of amidine groups is 1. The van der Waals surface area contributed by atoms with Crippen molar-refractivity contribution in [3.8, 4) is 0 Å². The number of piperidine rings is 1. The maximum atomic E-state index is 15.0. The summed E-state index contributed by atoms with van der Waals surface area (Å²) in [6.45, 7) is 0.764. The summed E-state index contributed by atoms with van der Waals surface area (Å²) in [6.07, 6.45) is 0.207. The molecule has 1 aromatic carbocycles. The molecule has 0 bridgehead atoms. The zero-order valence-corrected chi connectivity index (χ0v) is 20.6. The van der Waals surface area contributed by atoms with Gasteiger partial charge in [-0.05, 0) is 80.6 Å². The van der Waals surface area contributed by atoms with E-state index in [1.807, 2.05) is 4.90 Å². The van der Waals surface area contributed by atoms with E-state index >= 15 is 4.39 Å². The van der Waals surface area contributed by atoms with E-state index in [0.717, 1.165) is 37.8 Å². The van der Waals surface area contributed by atoms with Crippen molar-refractivity contribution in [3.05, 3.63) is 52.6 Å². The molecular weight excluding hydrogens is 503 g/mol. The second-order valence-electron chi connectivity index (χ2n) is 10.9. The molecule has 0 unspecified atom stereocenters. The molecule has 200 valence electrons. The molecule has 1 amide bonds. The number of rotatable bonds is 6. The first kappa shape index (κ1) is 25.3. The number of nitrogens with zero attached hydrogens (tertiary/aromatic N) is 3. The van der Waals surface area contributed by atoms with Crippen molar-refractivity contribution < 1.29 is 32.4 Å². The van der Waals surface area contributed by atoms with Gasteiger partial charge >= 0.3 is 13.3 Å². The Morgan fingerprint density at radius 3 is 2.42 bits per heavy atom. The minimum atomic E-state index is -4.56. The number of aliphatic imine (C=N–C) groups is 1. The summed E-state index contributed by atoms with van der Waals surface area (Å²) in [4.78, 5) is 23.7. The molecule has 2 saturated carbocycles. The van der Waals surface area contributed by atoms with Crippen molar-refractivity contribution in [2.45, 2.75) is 62.6 Å². The number of hydrogen-bond acceptors (Lipinski definition) is 6. The maximum absolute atomic E-state index is 15.0. The van der Waals surface area contributed by atoms with Gasteiger partial charge < -0.3 is 20.3 Å². The third-order valence-electron chi connectivity index (χ3n) is 8.03. The summed E-state index contributed by atoms with van der Waals surface area (Å²) in [5.74, 6) is -0.205. The minimum absolute atomic E-state index is 0.0682. The molecule has 3 fully saturated rings. The standard InChI is InChI=1S/C26H27BF4N4O3/c28-19-12-16(27(37)38)13-20(18(19)11-14-1-2-14)35-9-7-25(8-10-35)24(36)33-23(34-25)17-5-6-21(26(29,30)31)32-22(17)15-3-4-15/h5-6,12-15,37-38H,1-4,7-11H2,(H,33,34,36). The molecule has 1 spiro atoms. The van der Waals surface area contributed by atoms with E-state index in [9.17, 15) is 28.0 Å². The number of carbonyl (C=O) groups is 1. The summed E-state index contributed by atoms with van der Waals surface area (Å²) in [7, 11) is -1.81. The third kappa shape index (κ3) is 4.68. The summed E-state index contributed by atoms with van der Waals surface area (Å²) in [5.41, 5.74) is -0.0875. The Bertz CT molecular complexity index is 1320. The largest absolute Gasteiger partial charge is 0.488 e. The van der Waals surface area contributed by atoms with E-state index in [4.69, 9.17) is 4.99 Å². The van der Waals surface area contributed by atoms with Crippen molar-refractivity contribution in [3.63, 3.8) is 0 Å². The number of carbonyl (C=O) groups excluding carboxylic acids is 1. The molecule has 1 saturated heterocycles. The molecule has 2 aliphatic heterocycles. The van der Waals surface area contributed by atoms with Crippen LogP contribution in [0.1, 0.15) is 67.0 Å². The number of anilines is 1. The summed E-state index contributed by atoms with van der Waals surface area (Å²) in [6, 6.07) is 5.02. The van der Waals surface area contributed by atoms with Crippen LogP contribution < -0.4 is 15.7 Å². The fraction of sp³-hybridized carbons (Fsp3) is 0.500. The highest BCUT2D eigenvalue weighted by atomic mass is 19.4. The zero-order valence-electron chi connectivity index (χ0n) is 20.6. The van der Waals surface area contributed by atoms with Gasteiger partial charge in [0, 0.05) is 35.8 Å². The van der Waals surface area contributed by atoms with Gasteiger partial charge in [-0.3, -0.25) is 9.79 Å². The van der Waals surface area contributed by atoms with Crippen LogP contribution in [0.5, 0.6) is 0 Å². The molecule has 6 rings (SSSR count). The molecular formula is C26H27BF4N4O3. The Morgan fingerprint density at radius 2 is 1.82 bits per heavy atom. The molecule has 2 aromatic rings. The van der Waals surface area contributed by atoms with Crippen molar-refractivity contribution in [2.24, 2.45) is 10.9 Å².